The first kappa shape index (κ1) is 14.8. The van der Waals surface area contributed by atoms with Crippen LogP contribution >= 0.6 is 11.6 Å². The molecule has 2 N–H and O–H groups in total. The summed E-state index contributed by atoms with van der Waals surface area (Å²) < 4.78 is 5.37. The highest BCUT2D eigenvalue weighted by molar-refractivity contribution is 6.28. The fourth-order valence-electron chi connectivity index (χ4n) is 2.18. The normalized spacial score (nSPS) is 18.9. The van der Waals surface area contributed by atoms with Gasteiger partial charge in [0, 0.05) is 6.54 Å². The standard InChI is InChI=1S/C12H18ClN5O2/c1-2-7-20-12-16-10(13)15-11(17-12)18-6-4-3-5-8(18)9(14)19/h8H,2-7H2,1H3,(H2,14,19). The van der Waals surface area contributed by atoms with Gasteiger partial charge in [-0.15, -0.1) is 0 Å². The summed E-state index contributed by atoms with van der Waals surface area (Å²) in [5.41, 5.74) is 5.44. The van der Waals surface area contributed by atoms with Crippen LogP contribution in [0.25, 0.3) is 0 Å². The summed E-state index contributed by atoms with van der Waals surface area (Å²) in [6, 6.07) is -0.225. The van der Waals surface area contributed by atoms with Crippen molar-refractivity contribution in [1.29, 1.82) is 0 Å². The van der Waals surface area contributed by atoms with E-state index in [0.29, 0.717) is 25.5 Å². The van der Waals surface area contributed by atoms with Gasteiger partial charge in [-0.2, -0.15) is 15.0 Å². The zero-order valence-electron chi connectivity index (χ0n) is 11.4. The molecule has 0 bridgehead atoms. The van der Waals surface area contributed by atoms with Gasteiger partial charge < -0.3 is 15.4 Å². The van der Waals surface area contributed by atoms with Crippen LogP contribution in [-0.4, -0.2) is 40.1 Å². The van der Waals surface area contributed by atoms with Gasteiger partial charge in [0.25, 0.3) is 0 Å². The van der Waals surface area contributed by atoms with Crippen molar-refractivity contribution in [2.45, 2.75) is 38.6 Å². The maximum Gasteiger partial charge on any atom is 0.322 e. The quantitative estimate of drug-likeness (QED) is 0.876. The summed E-state index contributed by atoms with van der Waals surface area (Å²) in [6.45, 7) is 3.15. The van der Waals surface area contributed by atoms with Crippen LogP contribution in [0, 0.1) is 0 Å². The third-order valence-corrected chi connectivity index (χ3v) is 3.27. The molecule has 1 aromatic heterocycles. The Morgan fingerprint density at radius 2 is 2.25 bits per heavy atom. The number of piperidine rings is 1. The van der Waals surface area contributed by atoms with Crippen molar-refractivity contribution < 1.29 is 9.53 Å². The predicted molar refractivity (Wildman–Crippen MR) is 74.8 cm³/mol. The lowest BCUT2D eigenvalue weighted by Gasteiger charge is -2.33. The molecule has 1 atom stereocenters. The molecule has 0 saturated carbocycles. The molecule has 0 aromatic carbocycles. The van der Waals surface area contributed by atoms with Crippen molar-refractivity contribution >= 4 is 23.5 Å². The molecule has 1 aliphatic rings. The van der Waals surface area contributed by atoms with Gasteiger partial charge in [0.15, 0.2) is 0 Å². The predicted octanol–water partition coefficient (Wildman–Crippen LogP) is 1.16. The summed E-state index contributed by atoms with van der Waals surface area (Å²) in [5, 5.41) is 0.0508. The first-order chi connectivity index (χ1) is 9.61. The lowest BCUT2D eigenvalue weighted by atomic mass is 10.0. The van der Waals surface area contributed by atoms with Crippen LogP contribution in [0.4, 0.5) is 5.95 Å². The molecule has 0 aliphatic carbocycles. The SMILES string of the molecule is CCCOc1nc(Cl)nc(N2CCCCC2C(N)=O)n1. The van der Waals surface area contributed by atoms with Gasteiger partial charge in [-0.3, -0.25) is 4.79 Å². The molecular weight excluding hydrogens is 282 g/mol. The fraction of sp³-hybridized carbons (Fsp3) is 0.667. The van der Waals surface area contributed by atoms with E-state index in [1.165, 1.54) is 0 Å². The minimum Gasteiger partial charge on any atom is -0.463 e. The van der Waals surface area contributed by atoms with E-state index in [2.05, 4.69) is 15.0 Å². The smallest absolute Gasteiger partial charge is 0.322 e. The van der Waals surface area contributed by atoms with Crippen LogP contribution in [-0.2, 0) is 4.79 Å². The van der Waals surface area contributed by atoms with Gasteiger partial charge in [-0.25, -0.2) is 0 Å². The van der Waals surface area contributed by atoms with E-state index < -0.39 is 6.04 Å². The molecule has 20 heavy (non-hydrogen) atoms. The zero-order chi connectivity index (χ0) is 14.5. The number of hydrogen-bond donors (Lipinski definition) is 1. The molecule has 1 unspecified atom stereocenters. The minimum atomic E-state index is -0.402. The van der Waals surface area contributed by atoms with Gasteiger partial charge in [0.1, 0.15) is 6.04 Å². The molecule has 2 heterocycles. The van der Waals surface area contributed by atoms with E-state index in [0.717, 1.165) is 19.3 Å². The van der Waals surface area contributed by atoms with E-state index in [9.17, 15) is 4.79 Å². The van der Waals surface area contributed by atoms with Crippen LogP contribution in [0.15, 0.2) is 0 Å². The number of primary amides is 1. The van der Waals surface area contributed by atoms with Gasteiger partial charge in [-0.05, 0) is 37.3 Å². The molecule has 0 spiro atoms. The molecule has 8 heteroatoms. The molecule has 1 aromatic rings. The molecular formula is C12H18ClN5O2. The van der Waals surface area contributed by atoms with Crippen molar-refractivity contribution in [3.8, 4) is 6.01 Å². The van der Waals surface area contributed by atoms with E-state index in [1.807, 2.05) is 6.92 Å². The molecule has 1 saturated heterocycles. The topological polar surface area (TPSA) is 94.2 Å². The summed E-state index contributed by atoms with van der Waals surface area (Å²) in [4.78, 5) is 25.5. The fourth-order valence-corrected chi connectivity index (χ4v) is 2.32. The molecule has 110 valence electrons. The third-order valence-electron chi connectivity index (χ3n) is 3.10. The second-order valence-electron chi connectivity index (χ2n) is 4.64. The van der Waals surface area contributed by atoms with Crippen molar-refractivity contribution in [1.82, 2.24) is 15.0 Å². The van der Waals surface area contributed by atoms with E-state index >= 15 is 0 Å². The maximum absolute atomic E-state index is 11.5. The third kappa shape index (κ3) is 3.47. The highest BCUT2D eigenvalue weighted by Gasteiger charge is 2.29. The number of amides is 1. The number of carbonyl (C=O) groups excluding carboxylic acids is 1. The number of anilines is 1. The monoisotopic (exact) mass is 299 g/mol. The Hall–Kier alpha value is -1.63. The van der Waals surface area contributed by atoms with Crippen LogP contribution in [0.5, 0.6) is 6.01 Å². The van der Waals surface area contributed by atoms with Crippen LogP contribution in [0.1, 0.15) is 32.6 Å². The van der Waals surface area contributed by atoms with Crippen molar-refractivity contribution in [2.24, 2.45) is 5.73 Å². The number of carbonyl (C=O) groups is 1. The first-order valence-electron chi connectivity index (χ1n) is 6.72. The van der Waals surface area contributed by atoms with Gasteiger partial charge in [-0.1, -0.05) is 6.92 Å². The number of aromatic nitrogens is 3. The molecule has 1 amide bonds. The van der Waals surface area contributed by atoms with Gasteiger partial charge >= 0.3 is 6.01 Å². The maximum atomic E-state index is 11.5. The molecule has 1 fully saturated rings. The Labute approximate surface area is 122 Å². The Morgan fingerprint density at radius 3 is 2.95 bits per heavy atom. The number of rotatable bonds is 5. The van der Waals surface area contributed by atoms with Gasteiger partial charge in [0.2, 0.25) is 17.1 Å². The first-order valence-corrected chi connectivity index (χ1v) is 7.10. The second kappa shape index (κ2) is 6.69. The average Bonchev–Trinajstić information content (AvgIpc) is 2.44. The van der Waals surface area contributed by atoms with Crippen LogP contribution < -0.4 is 15.4 Å². The number of nitrogens with zero attached hydrogens (tertiary/aromatic N) is 4. The van der Waals surface area contributed by atoms with Gasteiger partial charge in [0.05, 0.1) is 6.61 Å². The highest BCUT2D eigenvalue weighted by Crippen LogP contribution is 2.23. The average molecular weight is 300 g/mol. The number of nitrogens with two attached hydrogens (primary N) is 1. The van der Waals surface area contributed by atoms with Crippen molar-refractivity contribution in [3.63, 3.8) is 0 Å². The molecule has 7 nitrogen and oxygen atoms in total. The van der Waals surface area contributed by atoms with E-state index in [4.69, 9.17) is 22.1 Å². The Kier molecular flexibility index (Phi) is 4.94. The summed E-state index contributed by atoms with van der Waals surface area (Å²) in [6.07, 6.45) is 3.45. The lowest BCUT2D eigenvalue weighted by Crippen LogP contribution is -2.48. The second-order valence-corrected chi connectivity index (χ2v) is 4.98. The number of ether oxygens (including phenoxy) is 1. The highest BCUT2D eigenvalue weighted by atomic mass is 35.5. The number of halogens is 1. The molecule has 2 rings (SSSR count). The van der Waals surface area contributed by atoms with E-state index in [-0.39, 0.29) is 17.2 Å². The van der Waals surface area contributed by atoms with E-state index in [1.54, 1.807) is 4.90 Å². The minimum absolute atomic E-state index is 0.0508. The van der Waals surface area contributed by atoms with Crippen molar-refractivity contribution in [3.05, 3.63) is 5.28 Å². The largest absolute Gasteiger partial charge is 0.463 e. The number of hydrogen-bond acceptors (Lipinski definition) is 6. The molecule has 1 aliphatic heterocycles. The molecule has 0 radical (unpaired) electrons. The Bertz CT molecular complexity index is 485. The van der Waals surface area contributed by atoms with Crippen LogP contribution in [0.3, 0.4) is 0 Å². The Balaban J connectivity index is 2.25. The summed E-state index contributed by atoms with van der Waals surface area (Å²) >= 11 is 5.89. The lowest BCUT2D eigenvalue weighted by molar-refractivity contribution is -0.119. The van der Waals surface area contributed by atoms with Crippen LogP contribution in [0.2, 0.25) is 5.28 Å². The van der Waals surface area contributed by atoms with Crippen molar-refractivity contribution in [2.75, 3.05) is 18.1 Å². The summed E-state index contributed by atoms with van der Waals surface area (Å²) in [7, 11) is 0. The Morgan fingerprint density at radius 1 is 1.45 bits per heavy atom. The zero-order valence-corrected chi connectivity index (χ0v) is 12.1. The summed E-state index contributed by atoms with van der Waals surface area (Å²) in [5.74, 6) is -0.0307.